The van der Waals surface area contributed by atoms with Gasteiger partial charge >= 0.3 is 0 Å². The molecule has 0 saturated heterocycles. The van der Waals surface area contributed by atoms with Crippen LogP contribution < -0.4 is 5.73 Å². The van der Waals surface area contributed by atoms with Crippen molar-refractivity contribution in [3.63, 3.8) is 0 Å². The first-order chi connectivity index (χ1) is 7.68. The van der Waals surface area contributed by atoms with Crippen LogP contribution in [0.25, 0.3) is 0 Å². The number of nitrogens with zero attached hydrogens (tertiary/aromatic N) is 2. The molecule has 1 unspecified atom stereocenters. The largest absolute Gasteiger partial charge is 0.322 e. The Morgan fingerprint density at radius 3 is 2.56 bits per heavy atom. The molecule has 1 aromatic heterocycles. The van der Waals surface area contributed by atoms with Gasteiger partial charge in [0.1, 0.15) is 11.6 Å². The third-order valence-electron chi connectivity index (χ3n) is 2.24. The predicted molar refractivity (Wildman–Crippen MR) is 56.9 cm³/mol. The van der Waals surface area contributed by atoms with E-state index >= 15 is 0 Å². The van der Waals surface area contributed by atoms with Crippen LogP contribution in [-0.4, -0.2) is 8.75 Å². The van der Waals surface area contributed by atoms with Gasteiger partial charge in [-0.25, -0.2) is 8.78 Å². The maximum atomic E-state index is 13.3. The van der Waals surface area contributed by atoms with Gasteiger partial charge in [0.25, 0.3) is 0 Å². The van der Waals surface area contributed by atoms with Crippen LogP contribution in [0.4, 0.5) is 8.78 Å². The SMILES string of the molecule is NC(Cc1c(F)cccc1F)c1cnsn1. The van der Waals surface area contributed by atoms with Gasteiger partial charge in [0.2, 0.25) is 0 Å². The van der Waals surface area contributed by atoms with Crippen molar-refractivity contribution in [1.29, 1.82) is 0 Å². The van der Waals surface area contributed by atoms with Gasteiger partial charge in [0.05, 0.1) is 29.7 Å². The molecule has 2 aromatic rings. The topological polar surface area (TPSA) is 51.8 Å². The van der Waals surface area contributed by atoms with Crippen LogP contribution in [0.5, 0.6) is 0 Å². The van der Waals surface area contributed by atoms with Crippen molar-refractivity contribution in [2.45, 2.75) is 12.5 Å². The molecule has 16 heavy (non-hydrogen) atoms. The number of hydrogen-bond acceptors (Lipinski definition) is 4. The van der Waals surface area contributed by atoms with E-state index in [2.05, 4.69) is 8.75 Å². The van der Waals surface area contributed by atoms with E-state index in [-0.39, 0.29) is 12.0 Å². The maximum absolute atomic E-state index is 13.3. The lowest BCUT2D eigenvalue weighted by Gasteiger charge is -2.09. The Labute approximate surface area is 95.3 Å². The highest BCUT2D eigenvalue weighted by Crippen LogP contribution is 2.19. The zero-order valence-corrected chi connectivity index (χ0v) is 9.05. The Morgan fingerprint density at radius 1 is 1.31 bits per heavy atom. The molecule has 2 N–H and O–H groups in total. The second-order valence-corrected chi connectivity index (χ2v) is 3.90. The van der Waals surface area contributed by atoms with E-state index in [1.54, 1.807) is 0 Å². The number of aromatic nitrogens is 2. The number of halogens is 2. The van der Waals surface area contributed by atoms with E-state index in [1.165, 1.54) is 24.4 Å². The van der Waals surface area contributed by atoms with Gasteiger partial charge in [-0.05, 0) is 18.6 Å². The fraction of sp³-hybridized carbons (Fsp3) is 0.200. The molecule has 0 saturated carbocycles. The monoisotopic (exact) mass is 241 g/mol. The van der Waals surface area contributed by atoms with Crippen LogP contribution >= 0.6 is 11.7 Å². The van der Waals surface area contributed by atoms with Gasteiger partial charge in [0, 0.05) is 5.56 Å². The first-order valence-corrected chi connectivity index (χ1v) is 5.37. The van der Waals surface area contributed by atoms with E-state index < -0.39 is 17.7 Å². The number of hydrogen-bond donors (Lipinski definition) is 1. The lowest BCUT2D eigenvalue weighted by Crippen LogP contribution is -2.15. The van der Waals surface area contributed by atoms with Crippen LogP contribution in [0.15, 0.2) is 24.4 Å². The highest BCUT2D eigenvalue weighted by atomic mass is 32.1. The summed E-state index contributed by atoms with van der Waals surface area (Å²) in [6.45, 7) is 0. The van der Waals surface area contributed by atoms with E-state index in [4.69, 9.17) is 5.73 Å². The molecular weight excluding hydrogens is 232 g/mol. The van der Waals surface area contributed by atoms with Crippen molar-refractivity contribution in [1.82, 2.24) is 8.75 Å². The lowest BCUT2D eigenvalue weighted by atomic mass is 10.0. The Morgan fingerprint density at radius 2 is 2.00 bits per heavy atom. The van der Waals surface area contributed by atoms with E-state index in [0.29, 0.717) is 5.69 Å². The minimum absolute atomic E-state index is 0.0111. The molecule has 0 bridgehead atoms. The van der Waals surface area contributed by atoms with Crippen molar-refractivity contribution < 1.29 is 8.78 Å². The van der Waals surface area contributed by atoms with Gasteiger partial charge in [-0.15, -0.1) is 0 Å². The fourth-order valence-electron chi connectivity index (χ4n) is 1.39. The van der Waals surface area contributed by atoms with Crippen molar-refractivity contribution in [3.8, 4) is 0 Å². The molecule has 1 aromatic carbocycles. The Balaban J connectivity index is 2.21. The second-order valence-electron chi connectivity index (χ2n) is 3.34. The highest BCUT2D eigenvalue weighted by Gasteiger charge is 2.15. The van der Waals surface area contributed by atoms with Crippen LogP contribution in [-0.2, 0) is 6.42 Å². The van der Waals surface area contributed by atoms with E-state index in [0.717, 1.165) is 11.7 Å². The maximum Gasteiger partial charge on any atom is 0.129 e. The van der Waals surface area contributed by atoms with Crippen molar-refractivity contribution in [3.05, 3.63) is 47.3 Å². The summed E-state index contributed by atoms with van der Waals surface area (Å²) in [6.07, 6.45) is 1.58. The average molecular weight is 241 g/mol. The zero-order chi connectivity index (χ0) is 11.5. The Kier molecular flexibility index (Phi) is 3.21. The second kappa shape index (κ2) is 4.63. The van der Waals surface area contributed by atoms with Crippen LogP contribution in [0.2, 0.25) is 0 Å². The molecule has 0 aliphatic carbocycles. The van der Waals surface area contributed by atoms with Crippen molar-refractivity contribution in [2.75, 3.05) is 0 Å². The molecule has 0 fully saturated rings. The van der Waals surface area contributed by atoms with Crippen molar-refractivity contribution in [2.24, 2.45) is 5.73 Å². The van der Waals surface area contributed by atoms with Gasteiger partial charge in [-0.1, -0.05) is 6.07 Å². The highest BCUT2D eigenvalue weighted by molar-refractivity contribution is 6.99. The lowest BCUT2D eigenvalue weighted by molar-refractivity contribution is 0.538. The summed E-state index contributed by atoms with van der Waals surface area (Å²) in [5, 5.41) is 0. The third-order valence-corrected chi connectivity index (χ3v) is 2.74. The summed E-state index contributed by atoms with van der Waals surface area (Å²) in [5.41, 5.74) is 6.32. The summed E-state index contributed by atoms with van der Waals surface area (Å²) in [7, 11) is 0. The number of nitrogens with two attached hydrogens (primary N) is 1. The number of benzene rings is 1. The molecular formula is C10H9F2N3S. The van der Waals surface area contributed by atoms with Crippen LogP contribution in [0, 0.1) is 11.6 Å². The van der Waals surface area contributed by atoms with Crippen LogP contribution in [0.1, 0.15) is 17.3 Å². The fourth-order valence-corrected chi connectivity index (χ4v) is 1.87. The molecule has 6 heteroatoms. The Bertz CT molecular complexity index is 453. The molecule has 2 rings (SSSR count). The summed E-state index contributed by atoms with van der Waals surface area (Å²) in [4.78, 5) is 0. The van der Waals surface area contributed by atoms with Crippen LogP contribution in [0.3, 0.4) is 0 Å². The molecule has 0 amide bonds. The molecule has 0 aliphatic rings. The molecule has 1 heterocycles. The molecule has 84 valence electrons. The molecule has 0 radical (unpaired) electrons. The number of rotatable bonds is 3. The Hall–Kier alpha value is -1.40. The minimum Gasteiger partial charge on any atom is -0.322 e. The summed E-state index contributed by atoms with van der Waals surface area (Å²) in [5.74, 6) is -1.17. The third kappa shape index (κ3) is 2.23. The first-order valence-electron chi connectivity index (χ1n) is 4.64. The minimum atomic E-state index is -0.585. The van der Waals surface area contributed by atoms with Gasteiger partial charge in [-0.3, -0.25) is 0 Å². The summed E-state index contributed by atoms with van der Waals surface area (Å²) in [6, 6.07) is 3.21. The smallest absolute Gasteiger partial charge is 0.129 e. The summed E-state index contributed by atoms with van der Waals surface area (Å²) >= 11 is 1.02. The quantitative estimate of drug-likeness (QED) is 0.894. The normalized spacial score (nSPS) is 12.7. The van der Waals surface area contributed by atoms with Crippen molar-refractivity contribution >= 4 is 11.7 Å². The van der Waals surface area contributed by atoms with Gasteiger partial charge in [-0.2, -0.15) is 8.75 Å². The first kappa shape index (κ1) is 11.1. The van der Waals surface area contributed by atoms with E-state index in [1.807, 2.05) is 0 Å². The standard InChI is InChI=1S/C10H9F2N3S/c11-7-2-1-3-8(12)6(7)4-9(13)10-5-14-16-15-10/h1-3,5,9H,4,13H2. The molecule has 0 aliphatic heterocycles. The predicted octanol–water partition coefficient (Wildman–Crippen LogP) is 2.06. The zero-order valence-electron chi connectivity index (χ0n) is 8.23. The average Bonchev–Trinajstić information content (AvgIpc) is 2.76. The molecule has 0 spiro atoms. The summed E-state index contributed by atoms with van der Waals surface area (Å²) < 4.78 is 34.4. The molecule has 1 atom stereocenters. The molecule has 3 nitrogen and oxygen atoms in total. The van der Waals surface area contributed by atoms with Gasteiger partial charge in [0.15, 0.2) is 0 Å². The van der Waals surface area contributed by atoms with Gasteiger partial charge < -0.3 is 5.73 Å². The van der Waals surface area contributed by atoms with E-state index in [9.17, 15) is 8.78 Å².